The molecule has 0 atom stereocenters. The fraction of sp³-hybridized carbons (Fsp3) is 0.571. The first-order valence-electron chi connectivity index (χ1n) is 10.0. The van der Waals surface area contributed by atoms with Crippen molar-refractivity contribution in [1.82, 2.24) is 4.31 Å². The summed E-state index contributed by atoms with van der Waals surface area (Å²) in [5.41, 5.74) is 0.238. The van der Waals surface area contributed by atoms with E-state index in [1.165, 1.54) is 11.4 Å². The molecular weight excluding hydrogens is 444 g/mol. The van der Waals surface area contributed by atoms with Crippen LogP contribution in [0.25, 0.3) is 6.08 Å². The Kier molecular flexibility index (Phi) is 11.1. The Hall–Kier alpha value is -1.49. The zero-order valence-corrected chi connectivity index (χ0v) is 20.2. The first-order valence-corrected chi connectivity index (χ1v) is 11.5. The molecule has 1 saturated heterocycles. The van der Waals surface area contributed by atoms with Gasteiger partial charge in [-0.15, -0.1) is 0 Å². The van der Waals surface area contributed by atoms with E-state index >= 15 is 0 Å². The molecule has 1 aromatic rings. The van der Waals surface area contributed by atoms with Gasteiger partial charge >= 0.3 is 6.09 Å². The molecule has 31 heavy (non-hydrogen) atoms. The smallest absolute Gasteiger partial charge is 0.514 e. The minimum Gasteiger partial charge on any atom is -1.00 e. The average Bonchev–Trinajstić information content (AvgIpc) is 2.70. The zero-order valence-electron chi connectivity index (χ0n) is 18.6. The van der Waals surface area contributed by atoms with Gasteiger partial charge in [0, 0.05) is 13.5 Å². The number of sulfonamides is 1. The third-order valence-electron chi connectivity index (χ3n) is 4.51. The molecule has 1 N–H and O–H groups in total. The van der Waals surface area contributed by atoms with Gasteiger partial charge in [0.15, 0.2) is 0 Å². The summed E-state index contributed by atoms with van der Waals surface area (Å²) in [5.74, 6) is 0. The number of ether oxygens (including phenoxy) is 3. The summed E-state index contributed by atoms with van der Waals surface area (Å²) in [5, 5.41) is 0. The first kappa shape index (κ1) is 27.5. The summed E-state index contributed by atoms with van der Waals surface area (Å²) >= 11 is 0. The fourth-order valence-electron chi connectivity index (χ4n) is 3.04. The normalized spacial score (nSPS) is 16.6. The predicted molar refractivity (Wildman–Crippen MR) is 114 cm³/mol. The van der Waals surface area contributed by atoms with E-state index in [1.54, 1.807) is 6.08 Å². The molecule has 1 heterocycles. The maximum Gasteiger partial charge on any atom is 0.514 e. The Balaban J connectivity index is 0.00000480. The van der Waals surface area contributed by atoms with Crippen molar-refractivity contribution in [2.45, 2.75) is 32.8 Å². The maximum absolute atomic E-state index is 13.3. The number of hydrogen-bond acceptors (Lipinski definition) is 6. The molecule has 1 aromatic carbocycles. The highest BCUT2D eigenvalue weighted by molar-refractivity contribution is 7.93. The largest absolute Gasteiger partial charge is 1.00 e. The Labute approximate surface area is 191 Å². The quantitative estimate of drug-likeness (QED) is 0.363. The third kappa shape index (κ3) is 8.88. The van der Waals surface area contributed by atoms with Gasteiger partial charge in [0.25, 0.3) is 0 Å². The SMILES string of the molecule is COCOCC/C(=C/c1ccccc1)S(=O)(=O)N1CC[NH+](C(=O)OC(C)(C)C)CC1.[Cl-]. The van der Waals surface area contributed by atoms with Crippen molar-refractivity contribution in [2.75, 3.05) is 46.7 Å². The van der Waals surface area contributed by atoms with Gasteiger partial charge in [0.1, 0.15) is 25.5 Å². The monoisotopic (exact) mass is 476 g/mol. The summed E-state index contributed by atoms with van der Waals surface area (Å²) in [4.78, 5) is 13.2. The Morgan fingerprint density at radius 3 is 2.32 bits per heavy atom. The molecule has 8 nitrogen and oxygen atoms in total. The lowest BCUT2D eigenvalue weighted by Gasteiger charge is -2.31. The predicted octanol–water partition coefficient (Wildman–Crippen LogP) is -1.49. The fourth-order valence-corrected chi connectivity index (χ4v) is 4.66. The highest BCUT2D eigenvalue weighted by Crippen LogP contribution is 2.21. The van der Waals surface area contributed by atoms with E-state index in [9.17, 15) is 13.2 Å². The number of carbonyl (C=O) groups is 1. The third-order valence-corrected chi connectivity index (χ3v) is 6.54. The number of quaternary nitrogens is 1. The van der Waals surface area contributed by atoms with Crippen LogP contribution in [0.5, 0.6) is 0 Å². The van der Waals surface area contributed by atoms with E-state index < -0.39 is 15.6 Å². The molecule has 1 aliphatic heterocycles. The number of methoxy groups -OCH3 is 1. The second kappa shape index (κ2) is 12.5. The van der Waals surface area contributed by atoms with Crippen LogP contribution in [-0.4, -0.2) is 71.1 Å². The number of piperazine rings is 1. The van der Waals surface area contributed by atoms with E-state index in [4.69, 9.17) is 14.2 Å². The highest BCUT2D eigenvalue weighted by Gasteiger charge is 2.36. The topological polar surface area (TPSA) is 86.6 Å². The van der Waals surface area contributed by atoms with Crippen molar-refractivity contribution >= 4 is 22.2 Å². The minimum absolute atomic E-state index is 0. The number of carbonyl (C=O) groups excluding carboxylic acids is 1. The molecule has 0 saturated carbocycles. The number of benzene rings is 1. The molecule has 2 rings (SSSR count). The molecule has 0 aromatic heterocycles. The van der Waals surface area contributed by atoms with Crippen LogP contribution in [-0.2, 0) is 24.2 Å². The van der Waals surface area contributed by atoms with E-state index in [-0.39, 0.29) is 56.3 Å². The molecule has 1 amide bonds. The number of rotatable bonds is 8. The van der Waals surface area contributed by atoms with Crippen molar-refractivity contribution in [3.63, 3.8) is 0 Å². The molecule has 0 radical (unpaired) electrons. The van der Waals surface area contributed by atoms with Gasteiger partial charge in [-0.3, -0.25) is 0 Å². The number of halogens is 1. The van der Waals surface area contributed by atoms with Crippen LogP contribution in [0.2, 0.25) is 0 Å². The standard InChI is InChI=1S/C21H32N2O6S.ClH/c1-21(2,3)29-20(24)22-11-13-23(14-12-22)30(25,26)19(10-15-28-17-27-4)16-18-8-6-5-7-9-18;/h5-9,16H,10-15,17H2,1-4H3;1H/b19-16-;. The Morgan fingerprint density at radius 1 is 1.16 bits per heavy atom. The summed E-state index contributed by atoms with van der Waals surface area (Å²) in [6.45, 7) is 7.03. The van der Waals surface area contributed by atoms with Crippen molar-refractivity contribution in [3.8, 4) is 0 Å². The van der Waals surface area contributed by atoms with Gasteiger partial charge < -0.3 is 26.6 Å². The van der Waals surface area contributed by atoms with Crippen LogP contribution in [0.15, 0.2) is 35.2 Å². The molecule has 0 bridgehead atoms. The zero-order chi connectivity index (χ0) is 22.2. The Bertz CT molecular complexity index is 816. The maximum atomic E-state index is 13.3. The first-order chi connectivity index (χ1) is 14.1. The average molecular weight is 477 g/mol. The van der Waals surface area contributed by atoms with Gasteiger partial charge in [0.2, 0.25) is 10.0 Å². The van der Waals surface area contributed by atoms with Gasteiger partial charge in [-0.05, 0) is 32.4 Å². The molecule has 0 unspecified atom stereocenters. The second-order valence-electron chi connectivity index (χ2n) is 8.10. The molecule has 10 heteroatoms. The summed E-state index contributed by atoms with van der Waals surface area (Å²) in [7, 11) is -2.17. The van der Waals surface area contributed by atoms with Crippen LogP contribution in [0.4, 0.5) is 4.79 Å². The van der Waals surface area contributed by atoms with Crippen molar-refractivity contribution in [1.29, 1.82) is 0 Å². The second-order valence-corrected chi connectivity index (χ2v) is 10.1. The van der Waals surface area contributed by atoms with Crippen LogP contribution in [0, 0.1) is 0 Å². The molecule has 0 spiro atoms. The van der Waals surface area contributed by atoms with Gasteiger partial charge in [-0.1, -0.05) is 30.3 Å². The number of nitrogens with zero attached hydrogens (tertiary/aromatic N) is 1. The van der Waals surface area contributed by atoms with E-state index in [0.717, 1.165) is 5.56 Å². The minimum atomic E-state index is -3.69. The summed E-state index contributed by atoms with van der Waals surface area (Å²) in [6, 6.07) is 9.32. The molecule has 1 aliphatic rings. The summed E-state index contributed by atoms with van der Waals surface area (Å²) in [6.07, 6.45) is 1.57. The van der Waals surface area contributed by atoms with Crippen LogP contribution in [0.1, 0.15) is 32.8 Å². The van der Waals surface area contributed by atoms with Crippen molar-refractivity contribution in [2.24, 2.45) is 0 Å². The number of nitrogens with one attached hydrogen (secondary N) is 1. The molecule has 1 fully saturated rings. The lowest BCUT2D eigenvalue weighted by atomic mass is 10.2. The highest BCUT2D eigenvalue weighted by atomic mass is 35.5. The lowest BCUT2D eigenvalue weighted by Crippen LogP contribution is -3.17. The van der Waals surface area contributed by atoms with Crippen LogP contribution < -0.4 is 17.3 Å². The van der Waals surface area contributed by atoms with Crippen molar-refractivity contribution in [3.05, 3.63) is 40.8 Å². The Morgan fingerprint density at radius 2 is 1.77 bits per heavy atom. The molecule has 0 aliphatic carbocycles. The van der Waals surface area contributed by atoms with Crippen molar-refractivity contribution < 1.29 is 44.7 Å². The number of hydrogen-bond donors (Lipinski definition) is 1. The van der Waals surface area contributed by atoms with Gasteiger partial charge in [-0.25, -0.2) is 13.3 Å². The van der Waals surface area contributed by atoms with Gasteiger partial charge in [0.05, 0.1) is 24.6 Å². The number of amides is 1. The molecule has 176 valence electrons. The van der Waals surface area contributed by atoms with Gasteiger partial charge in [-0.2, -0.15) is 9.10 Å². The van der Waals surface area contributed by atoms with E-state index in [0.29, 0.717) is 18.0 Å². The van der Waals surface area contributed by atoms with Crippen LogP contribution >= 0.6 is 0 Å². The van der Waals surface area contributed by atoms with E-state index in [2.05, 4.69) is 0 Å². The lowest BCUT2D eigenvalue weighted by molar-refractivity contribution is -0.829. The summed E-state index contributed by atoms with van der Waals surface area (Å²) < 4.78 is 43.6. The van der Waals surface area contributed by atoms with E-state index in [1.807, 2.05) is 51.1 Å². The number of alkyl carbamates (subject to hydrolysis) is 2. The molecular formula is C21H33ClN2O6S. The van der Waals surface area contributed by atoms with Crippen LogP contribution in [0.3, 0.4) is 0 Å².